The Balaban J connectivity index is 2.33. The third-order valence-corrected chi connectivity index (χ3v) is 5.49. The number of ketones is 1. The number of aliphatic hydroxyl groups excluding tert-OH is 2. The van der Waals surface area contributed by atoms with Gasteiger partial charge in [-0.1, -0.05) is 25.5 Å². The van der Waals surface area contributed by atoms with Gasteiger partial charge in [0.2, 0.25) is 0 Å². The fourth-order valence-electron chi connectivity index (χ4n) is 4.20. The highest BCUT2D eigenvalue weighted by atomic mass is 16.5. The van der Waals surface area contributed by atoms with E-state index in [0.29, 0.717) is 11.3 Å². The van der Waals surface area contributed by atoms with Crippen LogP contribution >= 0.6 is 0 Å². The number of hydrogen-bond donors (Lipinski definition) is 2. The molecule has 0 radical (unpaired) electrons. The molecule has 2 N–H and O–H groups in total. The van der Waals surface area contributed by atoms with Gasteiger partial charge in [0.1, 0.15) is 11.9 Å². The largest absolute Gasteiger partial charge is 0.496 e. The minimum Gasteiger partial charge on any atom is -0.496 e. The van der Waals surface area contributed by atoms with Crippen molar-refractivity contribution in [3.05, 3.63) is 40.5 Å². The molecule has 0 heterocycles. The zero-order valence-corrected chi connectivity index (χ0v) is 14.3. The number of allylic oxidation sites excluding steroid dienone is 2. The quantitative estimate of drug-likeness (QED) is 0.880. The second-order valence-electron chi connectivity index (χ2n) is 7.24. The van der Waals surface area contributed by atoms with Crippen LogP contribution < -0.4 is 4.74 Å². The number of ether oxygens (including phenoxy) is 1. The molecule has 4 atom stereocenters. The molecule has 1 aromatic rings. The number of benzene rings is 1. The zero-order chi connectivity index (χ0) is 17.1. The SMILES string of the molecule is COc1cc(C)cc2c1[C@H](O)[C@H](O)[C@]1(C)C(=O)C=C(C(C)C)[C@H]21. The average molecular weight is 316 g/mol. The molecule has 0 aromatic heterocycles. The Morgan fingerprint density at radius 3 is 2.48 bits per heavy atom. The molecule has 0 bridgehead atoms. The third kappa shape index (κ3) is 2.01. The van der Waals surface area contributed by atoms with Crippen molar-refractivity contribution >= 4 is 5.78 Å². The van der Waals surface area contributed by atoms with E-state index in [0.717, 1.165) is 16.7 Å². The summed E-state index contributed by atoms with van der Waals surface area (Å²) >= 11 is 0. The van der Waals surface area contributed by atoms with Crippen molar-refractivity contribution < 1.29 is 19.7 Å². The normalized spacial score (nSPS) is 32.6. The molecular formula is C19H24O4. The molecule has 0 saturated carbocycles. The van der Waals surface area contributed by atoms with Gasteiger partial charge < -0.3 is 14.9 Å². The lowest BCUT2D eigenvalue weighted by atomic mass is 9.60. The molecule has 0 saturated heterocycles. The number of methoxy groups -OCH3 is 1. The predicted octanol–water partition coefficient (Wildman–Crippen LogP) is 2.67. The third-order valence-electron chi connectivity index (χ3n) is 5.49. The van der Waals surface area contributed by atoms with Crippen molar-refractivity contribution in [2.45, 2.75) is 45.8 Å². The van der Waals surface area contributed by atoms with E-state index in [4.69, 9.17) is 4.74 Å². The Morgan fingerprint density at radius 2 is 1.91 bits per heavy atom. The molecule has 0 fully saturated rings. The van der Waals surface area contributed by atoms with Gasteiger partial charge in [-0.3, -0.25) is 4.79 Å². The Hall–Kier alpha value is -1.65. The first-order valence-electron chi connectivity index (χ1n) is 8.04. The van der Waals surface area contributed by atoms with Gasteiger partial charge in [0.15, 0.2) is 5.78 Å². The van der Waals surface area contributed by atoms with Crippen LogP contribution in [0.25, 0.3) is 0 Å². The minimum absolute atomic E-state index is 0.108. The Labute approximate surface area is 136 Å². The van der Waals surface area contributed by atoms with Crippen molar-refractivity contribution in [2.75, 3.05) is 7.11 Å². The molecule has 3 rings (SSSR count). The highest BCUT2D eigenvalue weighted by Crippen LogP contribution is 2.59. The van der Waals surface area contributed by atoms with E-state index < -0.39 is 17.6 Å². The van der Waals surface area contributed by atoms with Crippen molar-refractivity contribution in [1.82, 2.24) is 0 Å². The van der Waals surface area contributed by atoms with Crippen LogP contribution in [-0.4, -0.2) is 29.2 Å². The van der Waals surface area contributed by atoms with Gasteiger partial charge in [0.05, 0.1) is 18.6 Å². The highest BCUT2D eigenvalue weighted by molar-refractivity contribution is 6.01. The van der Waals surface area contributed by atoms with E-state index in [2.05, 4.69) is 13.8 Å². The smallest absolute Gasteiger partial charge is 0.165 e. The molecule has 4 nitrogen and oxygen atoms in total. The maximum Gasteiger partial charge on any atom is 0.165 e. The molecule has 0 unspecified atom stereocenters. The second kappa shape index (κ2) is 5.18. The minimum atomic E-state index is -1.16. The lowest BCUT2D eigenvalue weighted by molar-refractivity contribution is -0.138. The molecule has 2 aliphatic carbocycles. The lowest BCUT2D eigenvalue weighted by Gasteiger charge is -2.45. The summed E-state index contributed by atoms with van der Waals surface area (Å²) in [5.41, 5.74) is 2.50. The first-order chi connectivity index (χ1) is 10.7. The van der Waals surface area contributed by atoms with Crippen LogP contribution in [0.5, 0.6) is 5.75 Å². The summed E-state index contributed by atoms with van der Waals surface area (Å²) in [6.07, 6.45) is -0.628. The van der Waals surface area contributed by atoms with E-state index in [1.165, 1.54) is 0 Å². The van der Waals surface area contributed by atoms with Gasteiger partial charge in [-0.15, -0.1) is 0 Å². The topological polar surface area (TPSA) is 66.8 Å². The maximum atomic E-state index is 12.7. The van der Waals surface area contributed by atoms with Crippen LogP contribution in [0.4, 0.5) is 0 Å². The fourth-order valence-corrected chi connectivity index (χ4v) is 4.20. The summed E-state index contributed by atoms with van der Waals surface area (Å²) < 4.78 is 5.44. The number of rotatable bonds is 2. The number of aryl methyl sites for hydroxylation is 1. The monoisotopic (exact) mass is 316 g/mol. The number of carbonyl (C=O) groups excluding carboxylic acids is 1. The summed E-state index contributed by atoms with van der Waals surface area (Å²) in [4.78, 5) is 12.7. The number of carbonyl (C=O) groups is 1. The predicted molar refractivity (Wildman–Crippen MR) is 87.5 cm³/mol. The summed E-state index contributed by atoms with van der Waals surface area (Å²) in [6.45, 7) is 7.83. The molecule has 0 spiro atoms. The number of fused-ring (bicyclic) bond motifs is 3. The molecule has 2 aliphatic rings. The van der Waals surface area contributed by atoms with Crippen LogP contribution in [0, 0.1) is 18.3 Å². The van der Waals surface area contributed by atoms with Crippen LogP contribution in [-0.2, 0) is 4.79 Å². The Morgan fingerprint density at radius 1 is 1.26 bits per heavy atom. The molecule has 0 amide bonds. The summed E-state index contributed by atoms with van der Waals surface area (Å²) in [6, 6.07) is 3.86. The van der Waals surface area contributed by atoms with Gasteiger partial charge in [-0.05, 0) is 43.0 Å². The summed E-state index contributed by atoms with van der Waals surface area (Å²) in [7, 11) is 1.56. The number of aliphatic hydroxyl groups is 2. The van der Waals surface area contributed by atoms with Crippen molar-refractivity contribution in [1.29, 1.82) is 0 Å². The van der Waals surface area contributed by atoms with Gasteiger partial charge in [-0.25, -0.2) is 0 Å². The zero-order valence-electron chi connectivity index (χ0n) is 14.3. The van der Waals surface area contributed by atoms with E-state index in [1.807, 2.05) is 19.1 Å². The highest BCUT2D eigenvalue weighted by Gasteiger charge is 2.59. The van der Waals surface area contributed by atoms with E-state index in [1.54, 1.807) is 20.1 Å². The summed E-state index contributed by atoms with van der Waals surface area (Å²) in [5, 5.41) is 21.4. The van der Waals surface area contributed by atoms with E-state index in [9.17, 15) is 15.0 Å². The van der Waals surface area contributed by atoms with Crippen molar-refractivity contribution in [3.63, 3.8) is 0 Å². The Bertz CT molecular complexity index is 704. The van der Waals surface area contributed by atoms with Crippen molar-refractivity contribution in [3.8, 4) is 5.75 Å². The van der Waals surface area contributed by atoms with Gasteiger partial charge in [0, 0.05) is 11.5 Å². The molecular weight excluding hydrogens is 292 g/mol. The van der Waals surface area contributed by atoms with E-state index >= 15 is 0 Å². The lowest BCUT2D eigenvalue weighted by Crippen LogP contribution is -2.48. The summed E-state index contributed by atoms with van der Waals surface area (Å²) in [5.74, 6) is 0.421. The number of hydrogen-bond acceptors (Lipinski definition) is 4. The average Bonchev–Trinajstić information content (AvgIpc) is 2.77. The molecule has 23 heavy (non-hydrogen) atoms. The van der Waals surface area contributed by atoms with Crippen LogP contribution in [0.15, 0.2) is 23.8 Å². The first-order valence-corrected chi connectivity index (χ1v) is 8.04. The van der Waals surface area contributed by atoms with Crippen LogP contribution in [0.3, 0.4) is 0 Å². The standard InChI is InChI=1S/C19H24O4/c1-9(2)11-8-14(20)19(4)16(11)12-6-10(3)7-13(23-5)15(12)17(21)18(19)22/h6-9,16-18,21-22H,1-5H3/t16-,17+,18+,19-/m1/s1. The second-order valence-corrected chi connectivity index (χ2v) is 7.24. The van der Waals surface area contributed by atoms with Crippen LogP contribution in [0.1, 0.15) is 49.5 Å². The van der Waals surface area contributed by atoms with Crippen LogP contribution in [0.2, 0.25) is 0 Å². The van der Waals surface area contributed by atoms with Gasteiger partial charge >= 0.3 is 0 Å². The first kappa shape index (κ1) is 16.2. The molecule has 124 valence electrons. The molecule has 1 aromatic carbocycles. The van der Waals surface area contributed by atoms with Gasteiger partial charge in [-0.2, -0.15) is 0 Å². The Kier molecular flexibility index (Phi) is 3.65. The fraction of sp³-hybridized carbons (Fsp3) is 0.526. The van der Waals surface area contributed by atoms with Crippen molar-refractivity contribution in [2.24, 2.45) is 11.3 Å². The van der Waals surface area contributed by atoms with E-state index in [-0.39, 0.29) is 17.6 Å². The maximum absolute atomic E-state index is 12.7. The van der Waals surface area contributed by atoms with Gasteiger partial charge in [0.25, 0.3) is 0 Å². The molecule has 4 heteroatoms. The molecule has 0 aliphatic heterocycles.